The lowest BCUT2D eigenvalue weighted by Crippen LogP contribution is -2.31. The first-order chi connectivity index (χ1) is 8.74. The van der Waals surface area contributed by atoms with Crippen LogP contribution in [0.5, 0.6) is 0 Å². The number of carbonyl (C=O) groups excluding carboxylic acids is 1. The van der Waals surface area contributed by atoms with Gasteiger partial charge in [-0.05, 0) is 55.6 Å². The predicted molar refractivity (Wildman–Crippen MR) is 72.2 cm³/mol. The molecule has 2 aliphatic carbocycles. The third kappa shape index (κ3) is 2.43. The normalized spacial score (nSPS) is 28.8. The molecule has 18 heavy (non-hydrogen) atoms. The molecular weight excluding hydrogens is 222 g/mol. The molecule has 1 amide bonds. The number of nitrogens with one attached hydrogen (secondary N) is 1. The van der Waals surface area contributed by atoms with Crippen molar-refractivity contribution in [3.05, 3.63) is 35.4 Å². The van der Waals surface area contributed by atoms with E-state index in [9.17, 15) is 4.79 Å². The lowest BCUT2D eigenvalue weighted by molar-refractivity contribution is -0.125. The molecule has 3 rings (SSSR count). The smallest absolute Gasteiger partial charge is 0.223 e. The van der Waals surface area contributed by atoms with E-state index in [0.717, 1.165) is 37.6 Å². The molecule has 1 aromatic rings. The molecule has 0 saturated heterocycles. The molecule has 0 bridgehead atoms. The van der Waals surface area contributed by atoms with Crippen molar-refractivity contribution in [2.45, 2.75) is 32.6 Å². The van der Waals surface area contributed by atoms with Crippen LogP contribution in [0.15, 0.2) is 24.3 Å². The Balaban J connectivity index is 1.44. The van der Waals surface area contributed by atoms with Crippen molar-refractivity contribution in [3.8, 4) is 0 Å². The number of hydrogen-bond donors (Lipinski definition) is 1. The molecule has 1 aromatic carbocycles. The molecule has 2 unspecified atom stereocenters. The summed E-state index contributed by atoms with van der Waals surface area (Å²) in [5.74, 6) is 2.37. The van der Waals surface area contributed by atoms with Gasteiger partial charge in [0, 0.05) is 12.5 Å². The fraction of sp³-hybridized carbons (Fsp3) is 0.562. The van der Waals surface area contributed by atoms with Gasteiger partial charge in [0.25, 0.3) is 0 Å². The van der Waals surface area contributed by atoms with Gasteiger partial charge in [-0.2, -0.15) is 0 Å². The van der Waals surface area contributed by atoms with Crippen LogP contribution in [0.1, 0.15) is 30.4 Å². The topological polar surface area (TPSA) is 29.1 Å². The molecule has 0 spiro atoms. The van der Waals surface area contributed by atoms with Crippen molar-refractivity contribution >= 4 is 5.91 Å². The molecular formula is C16H21NO. The minimum Gasteiger partial charge on any atom is -0.356 e. The minimum atomic E-state index is 0.288. The zero-order valence-electron chi connectivity index (χ0n) is 11.0. The molecule has 2 saturated carbocycles. The van der Waals surface area contributed by atoms with Crippen LogP contribution >= 0.6 is 0 Å². The highest BCUT2D eigenvalue weighted by Gasteiger charge is 2.47. The van der Waals surface area contributed by atoms with Gasteiger partial charge in [-0.3, -0.25) is 4.79 Å². The van der Waals surface area contributed by atoms with Gasteiger partial charge >= 0.3 is 0 Å². The van der Waals surface area contributed by atoms with Crippen molar-refractivity contribution in [2.24, 2.45) is 17.8 Å². The minimum absolute atomic E-state index is 0.288. The second kappa shape index (κ2) is 4.75. The van der Waals surface area contributed by atoms with Crippen molar-refractivity contribution in [2.75, 3.05) is 6.54 Å². The van der Waals surface area contributed by atoms with E-state index in [0.29, 0.717) is 5.92 Å². The first-order valence-corrected chi connectivity index (χ1v) is 7.06. The predicted octanol–water partition coefficient (Wildman–Crippen LogP) is 2.70. The van der Waals surface area contributed by atoms with Crippen molar-refractivity contribution in [1.82, 2.24) is 5.32 Å². The van der Waals surface area contributed by atoms with Gasteiger partial charge in [0.2, 0.25) is 5.91 Å². The van der Waals surface area contributed by atoms with E-state index < -0.39 is 0 Å². The Morgan fingerprint density at radius 1 is 1.22 bits per heavy atom. The average Bonchev–Trinajstić information content (AvgIpc) is 2.98. The van der Waals surface area contributed by atoms with Crippen molar-refractivity contribution in [1.29, 1.82) is 0 Å². The van der Waals surface area contributed by atoms with Crippen LogP contribution in [0.25, 0.3) is 0 Å². The monoisotopic (exact) mass is 243 g/mol. The highest BCUT2D eigenvalue weighted by molar-refractivity contribution is 5.79. The Labute approximate surface area is 109 Å². The summed E-state index contributed by atoms with van der Waals surface area (Å²) in [5.41, 5.74) is 2.65. The highest BCUT2D eigenvalue weighted by atomic mass is 16.1. The number of fused-ring (bicyclic) bond motifs is 1. The Hall–Kier alpha value is -1.31. The van der Waals surface area contributed by atoms with E-state index in [1.807, 2.05) is 0 Å². The molecule has 2 aliphatic rings. The van der Waals surface area contributed by atoms with Crippen LogP contribution < -0.4 is 5.32 Å². The lowest BCUT2D eigenvalue weighted by atomic mass is 10.0. The van der Waals surface area contributed by atoms with Crippen LogP contribution in [0.3, 0.4) is 0 Å². The van der Waals surface area contributed by atoms with Gasteiger partial charge in [-0.25, -0.2) is 0 Å². The third-order valence-electron chi connectivity index (χ3n) is 4.57. The van der Waals surface area contributed by atoms with Gasteiger partial charge < -0.3 is 5.32 Å². The van der Waals surface area contributed by atoms with E-state index in [-0.39, 0.29) is 5.91 Å². The molecule has 0 radical (unpaired) electrons. The Bertz CT molecular complexity index is 444. The zero-order valence-corrected chi connectivity index (χ0v) is 11.0. The maximum Gasteiger partial charge on any atom is 0.223 e. The lowest BCUT2D eigenvalue weighted by Gasteiger charge is -2.12. The summed E-state index contributed by atoms with van der Waals surface area (Å²) in [6, 6.07) is 8.39. The summed E-state index contributed by atoms with van der Waals surface area (Å²) in [7, 11) is 0. The quantitative estimate of drug-likeness (QED) is 0.865. The number of rotatable bonds is 4. The SMILES string of the molecule is Cc1ccccc1CCNC(=O)C1CC2CC2C1. The van der Waals surface area contributed by atoms with Crippen LogP contribution in [0, 0.1) is 24.7 Å². The molecule has 2 fully saturated rings. The summed E-state index contributed by atoms with van der Waals surface area (Å²) in [6.45, 7) is 2.90. The van der Waals surface area contributed by atoms with Gasteiger partial charge in [0.15, 0.2) is 0 Å². The summed E-state index contributed by atoms with van der Waals surface area (Å²) >= 11 is 0. The Kier molecular flexibility index (Phi) is 3.11. The summed E-state index contributed by atoms with van der Waals surface area (Å²) < 4.78 is 0. The second-order valence-corrected chi connectivity index (χ2v) is 5.89. The Morgan fingerprint density at radius 2 is 1.94 bits per heavy atom. The maximum atomic E-state index is 12.0. The second-order valence-electron chi connectivity index (χ2n) is 5.89. The molecule has 2 atom stereocenters. The van der Waals surface area contributed by atoms with Crippen LogP contribution in [0.4, 0.5) is 0 Å². The van der Waals surface area contributed by atoms with Crippen molar-refractivity contribution in [3.63, 3.8) is 0 Å². The highest BCUT2D eigenvalue weighted by Crippen LogP contribution is 2.54. The molecule has 2 nitrogen and oxygen atoms in total. The van der Waals surface area contributed by atoms with Gasteiger partial charge in [0.05, 0.1) is 0 Å². The summed E-state index contributed by atoms with van der Waals surface area (Å²) in [5, 5.41) is 3.10. The third-order valence-corrected chi connectivity index (χ3v) is 4.57. The fourth-order valence-corrected chi connectivity index (χ4v) is 3.28. The molecule has 96 valence electrons. The molecule has 0 heterocycles. The number of carbonyl (C=O) groups is 1. The van der Waals surface area contributed by atoms with E-state index in [4.69, 9.17) is 0 Å². The molecule has 1 N–H and O–H groups in total. The fourth-order valence-electron chi connectivity index (χ4n) is 3.28. The van der Waals surface area contributed by atoms with Crippen molar-refractivity contribution < 1.29 is 4.79 Å². The number of benzene rings is 1. The summed E-state index contributed by atoms with van der Waals surface area (Å²) in [4.78, 5) is 12.0. The number of amides is 1. The first kappa shape index (κ1) is 11.8. The molecule has 2 heteroatoms. The van der Waals surface area contributed by atoms with E-state index in [1.54, 1.807) is 0 Å². The van der Waals surface area contributed by atoms with Gasteiger partial charge in [-0.1, -0.05) is 24.3 Å². The number of aryl methyl sites for hydroxylation is 1. The van der Waals surface area contributed by atoms with Gasteiger partial charge in [0.1, 0.15) is 0 Å². The Morgan fingerprint density at radius 3 is 2.67 bits per heavy atom. The summed E-state index contributed by atoms with van der Waals surface area (Å²) in [6.07, 6.45) is 4.60. The molecule has 0 aromatic heterocycles. The van der Waals surface area contributed by atoms with E-state index in [2.05, 4.69) is 36.5 Å². The number of hydrogen-bond acceptors (Lipinski definition) is 1. The average molecular weight is 243 g/mol. The first-order valence-electron chi connectivity index (χ1n) is 7.06. The van der Waals surface area contributed by atoms with Gasteiger partial charge in [-0.15, -0.1) is 0 Å². The zero-order chi connectivity index (χ0) is 12.5. The van der Waals surface area contributed by atoms with Crippen LogP contribution in [0.2, 0.25) is 0 Å². The van der Waals surface area contributed by atoms with E-state index in [1.165, 1.54) is 17.5 Å². The van der Waals surface area contributed by atoms with E-state index >= 15 is 0 Å². The van der Waals surface area contributed by atoms with Crippen LogP contribution in [-0.2, 0) is 11.2 Å². The largest absolute Gasteiger partial charge is 0.356 e. The maximum absolute atomic E-state index is 12.0. The standard InChI is InChI=1S/C16H21NO/c1-11-4-2-3-5-12(11)6-7-17-16(18)15-9-13-8-14(13)10-15/h2-5,13-15H,6-10H2,1H3,(H,17,18). The van der Waals surface area contributed by atoms with Crippen LogP contribution in [-0.4, -0.2) is 12.5 Å². The molecule has 0 aliphatic heterocycles.